The molecule has 1 aromatic rings. The van der Waals surface area contributed by atoms with Crippen molar-refractivity contribution >= 4 is 17.4 Å². The van der Waals surface area contributed by atoms with Gasteiger partial charge in [0.2, 0.25) is 0 Å². The molecule has 2 rings (SSSR count). The molecule has 20 heavy (non-hydrogen) atoms. The third-order valence-electron chi connectivity index (χ3n) is 3.40. The maximum atomic E-state index is 12.4. The van der Waals surface area contributed by atoms with Crippen molar-refractivity contribution in [3.05, 3.63) is 27.9 Å². The smallest absolute Gasteiger partial charge is 0.288 e. The summed E-state index contributed by atoms with van der Waals surface area (Å²) in [5.74, 6) is -0.356. The molecule has 0 spiro atoms. The van der Waals surface area contributed by atoms with Gasteiger partial charge in [-0.15, -0.1) is 0 Å². The lowest BCUT2D eigenvalue weighted by atomic mass is 10.1. The summed E-state index contributed by atoms with van der Waals surface area (Å²) in [6.07, 6.45) is 2.52. The minimum atomic E-state index is -0.600. The number of nitrogen functional groups attached to an aromatic ring is 1. The van der Waals surface area contributed by atoms with Crippen molar-refractivity contribution < 1.29 is 14.5 Å². The fraction of sp³-hybridized carbons (Fsp3) is 0.500. The maximum absolute atomic E-state index is 12.4. The molecule has 8 nitrogen and oxygen atoms in total. The third kappa shape index (κ3) is 2.85. The molecule has 0 saturated carbocycles. The molecule has 1 saturated heterocycles. The molecule has 0 bridgehead atoms. The van der Waals surface area contributed by atoms with Gasteiger partial charge in [0.15, 0.2) is 0 Å². The standard InChI is InChI=1S/C12H16N4O4/c1-15(8-2-4-20-5-3-8)12(17)10-6-9(16(18)19)7-14-11(10)13/h6-8H,2-5H2,1H3,(H2,13,14). The Bertz CT molecular complexity index is 528. The number of ether oxygens (including phenoxy) is 1. The van der Waals surface area contributed by atoms with Crippen LogP contribution in [0.1, 0.15) is 23.2 Å². The van der Waals surface area contributed by atoms with E-state index in [1.165, 1.54) is 6.07 Å². The number of pyridine rings is 1. The van der Waals surface area contributed by atoms with Gasteiger partial charge in [-0.2, -0.15) is 0 Å². The molecule has 0 aliphatic carbocycles. The molecule has 1 aromatic heterocycles. The number of nitrogens with two attached hydrogens (primary N) is 1. The number of anilines is 1. The highest BCUT2D eigenvalue weighted by Gasteiger charge is 2.26. The molecule has 0 atom stereocenters. The predicted molar refractivity (Wildman–Crippen MR) is 71.2 cm³/mol. The van der Waals surface area contributed by atoms with Crippen LogP contribution >= 0.6 is 0 Å². The van der Waals surface area contributed by atoms with Crippen molar-refractivity contribution in [3.63, 3.8) is 0 Å². The van der Waals surface area contributed by atoms with Crippen LogP contribution in [0.2, 0.25) is 0 Å². The highest BCUT2D eigenvalue weighted by Crippen LogP contribution is 2.21. The topological polar surface area (TPSA) is 112 Å². The van der Waals surface area contributed by atoms with Crippen LogP contribution in [0.4, 0.5) is 11.5 Å². The van der Waals surface area contributed by atoms with E-state index in [2.05, 4.69) is 4.98 Å². The minimum absolute atomic E-state index is 0.000454. The monoisotopic (exact) mass is 280 g/mol. The molecule has 8 heteroatoms. The summed E-state index contributed by atoms with van der Waals surface area (Å²) >= 11 is 0. The van der Waals surface area contributed by atoms with Crippen LogP contribution in [-0.2, 0) is 4.74 Å². The number of carbonyl (C=O) groups excluding carboxylic acids is 1. The van der Waals surface area contributed by atoms with Gasteiger partial charge in [-0.1, -0.05) is 0 Å². The average molecular weight is 280 g/mol. The van der Waals surface area contributed by atoms with Gasteiger partial charge in [-0.3, -0.25) is 14.9 Å². The summed E-state index contributed by atoms with van der Waals surface area (Å²) in [5, 5.41) is 10.7. The van der Waals surface area contributed by atoms with E-state index in [0.29, 0.717) is 13.2 Å². The first kappa shape index (κ1) is 14.2. The van der Waals surface area contributed by atoms with E-state index < -0.39 is 4.92 Å². The fourth-order valence-corrected chi connectivity index (χ4v) is 2.16. The SMILES string of the molecule is CN(C(=O)c1cc([N+](=O)[O-])cnc1N)C1CCOCC1. The first-order chi connectivity index (χ1) is 9.50. The Hall–Kier alpha value is -2.22. The number of nitro groups is 1. The second-order valence-corrected chi connectivity index (χ2v) is 4.64. The third-order valence-corrected chi connectivity index (χ3v) is 3.40. The summed E-state index contributed by atoms with van der Waals surface area (Å²) < 4.78 is 5.25. The Balaban J connectivity index is 2.23. The molecule has 2 N–H and O–H groups in total. The summed E-state index contributed by atoms with van der Waals surface area (Å²) in [5.41, 5.74) is 5.47. The van der Waals surface area contributed by atoms with Crippen LogP contribution in [0.25, 0.3) is 0 Å². The Kier molecular flexibility index (Phi) is 4.14. The Morgan fingerprint density at radius 1 is 1.55 bits per heavy atom. The number of hydrogen-bond donors (Lipinski definition) is 1. The van der Waals surface area contributed by atoms with Crippen molar-refractivity contribution in [3.8, 4) is 0 Å². The zero-order chi connectivity index (χ0) is 14.7. The largest absolute Gasteiger partial charge is 0.383 e. The quantitative estimate of drug-likeness (QED) is 0.648. The molecular weight excluding hydrogens is 264 g/mol. The van der Waals surface area contributed by atoms with E-state index in [1.54, 1.807) is 11.9 Å². The van der Waals surface area contributed by atoms with E-state index in [4.69, 9.17) is 10.5 Å². The molecule has 1 fully saturated rings. The lowest BCUT2D eigenvalue weighted by molar-refractivity contribution is -0.385. The Morgan fingerprint density at radius 3 is 2.80 bits per heavy atom. The van der Waals surface area contributed by atoms with Crippen molar-refractivity contribution in [2.75, 3.05) is 26.0 Å². The van der Waals surface area contributed by atoms with Gasteiger partial charge in [0.1, 0.15) is 12.0 Å². The van der Waals surface area contributed by atoms with Gasteiger partial charge >= 0.3 is 0 Å². The summed E-state index contributed by atoms with van der Waals surface area (Å²) in [6.45, 7) is 1.20. The Labute approximate surface area is 115 Å². The molecular formula is C12H16N4O4. The number of amides is 1. The molecule has 2 heterocycles. The summed E-state index contributed by atoms with van der Waals surface area (Å²) in [4.78, 5) is 27.8. The number of aromatic nitrogens is 1. The van der Waals surface area contributed by atoms with Gasteiger partial charge < -0.3 is 15.4 Å². The molecule has 108 valence electrons. The van der Waals surface area contributed by atoms with Crippen molar-refractivity contribution in [2.24, 2.45) is 0 Å². The molecule has 1 aliphatic rings. The first-order valence-electron chi connectivity index (χ1n) is 6.25. The van der Waals surface area contributed by atoms with Crippen LogP contribution < -0.4 is 5.73 Å². The predicted octanol–water partition coefficient (Wildman–Crippen LogP) is 0.823. The first-order valence-corrected chi connectivity index (χ1v) is 6.25. The van der Waals surface area contributed by atoms with Crippen LogP contribution in [0.3, 0.4) is 0 Å². The highest BCUT2D eigenvalue weighted by atomic mass is 16.6. The Morgan fingerprint density at radius 2 is 2.20 bits per heavy atom. The molecule has 1 aliphatic heterocycles. The van der Waals surface area contributed by atoms with E-state index in [-0.39, 0.29) is 29.0 Å². The molecule has 0 unspecified atom stereocenters. The van der Waals surface area contributed by atoms with Crippen molar-refractivity contribution in [1.82, 2.24) is 9.88 Å². The van der Waals surface area contributed by atoms with E-state index in [1.807, 2.05) is 0 Å². The summed E-state index contributed by atoms with van der Waals surface area (Å²) in [7, 11) is 1.66. The van der Waals surface area contributed by atoms with Crippen LogP contribution in [0.15, 0.2) is 12.3 Å². The average Bonchev–Trinajstić information content (AvgIpc) is 2.47. The summed E-state index contributed by atoms with van der Waals surface area (Å²) in [6, 6.07) is 1.22. The normalized spacial score (nSPS) is 15.8. The molecule has 0 aromatic carbocycles. The zero-order valence-corrected chi connectivity index (χ0v) is 11.1. The highest BCUT2D eigenvalue weighted by molar-refractivity contribution is 5.98. The van der Waals surface area contributed by atoms with E-state index in [9.17, 15) is 14.9 Å². The number of hydrogen-bond acceptors (Lipinski definition) is 6. The zero-order valence-electron chi connectivity index (χ0n) is 11.1. The van der Waals surface area contributed by atoms with E-state index in [0.717, 1.165) is 19.0 Å². The second-order valence-electron chi connectivity index (χ2n) is 4.64. The van der Waals surface area contributed by atoms with Gasteiger partial charge in [-0.25, -0.2) is 4.98 Å². The van der Waals surface area contributed by atoms with Gasteiger partial charge in [-0.05, 0) is 12.8 Å². The van der Waals surface area contributed by atoms with E-state index >= 15 is 0 Å². The molecule has 1 amide bonds. The van der Waals surface area contributed by atoms with Gasteiger partial charge in [0.05, 0.1) is 10.5 Å². The maximum Gasteiger partial charge on any atom is 0.288 e. The number of carbonyl (C=O) groups is 1. The van der Waals surface area contributed by atoms with Crippen LogP contribution in [0, 0.1) is 10.1 Å². The lowest BCUT2D eigenvalue weighted by Gasteiger charge is -2.31. The van der Waals surface area contributed by atoms with Gasteiger partial charge in [0, 0.05) is 32.4 Å². The number of nitrogens with zero attached hydrogens (tertiary/aromatic N) is 3. The fourth-order valence-electron chi connectivity index (χ4n) is 2.16. The van der Waals surface area contributed by atoms with Crippen LogP contribution in [-0.4, -0.2) is 47.0 Å². The van der Waals surface area contributed by atoms with Crippen molar-refractivity contribution in [2.45, 2.75) is 18.9 Å². The molecule has 0 radical (unpaired) electrons. The number of rotatable bonds is 3. The van der Waals surface area contributed by atoms with Crippen LogP contribution in [0.5, 0.6) is 0 Å². The minimum Gasteiger partial charge on any atom is -0.383 e. The van der Waals surface area contributed by atoms with Gasteiger partial charge in [0.25, 0.3) is 11.6 Å². The van der Waals surface area contributed by atoms with Crippen molar-refractivity contribution in [1.29, 1.82) is 0 Å². The lowest BCUT2D eigenvalue weighted by Crippen LogP contribution is -2.41. The second kappa shape index (κ2) is 5.83.